The molecule has 0 amide bonds. The molecule has 2 heterocycles. The van der Waals surface area contributed by atoms with Crippen LogP contribution in [0.1, 0.15) is 0 Å². The summed E-state index contributed by atoms with van der Waals surface area (Å²) in [4.78, 5) is 14.4. The van der Waals surface area contributed by atoms with Crippen molar-refractivity contribution >= 4 is 17.0 Å². The number of aromatic amines is 1. The molecule has 0 radical (unpaired) electrons. The molecule has 10 heavy (non-hydrogen) atoms. The monoisotopic (exact) mass is 137 g/mol. The van der Waals surface area contributed by atoms with Crippen LogP contribution >= 0.6 is 0 Å². The molecule has 50 valence electrons. The lowest BCUT2D eigenvalue weighted by Crippen LogP contribution is -1.91. The van der Waals surface area contributed by atoms with Gasteiger partial charge in [0.15, 0.2) is 11.5 Å². The van der Waals surface area contributed by atoms with Gasteiger partial charge in [0.1, 0.15) is 11.8 Å². The van der Waals surface area contributed by atoms with E-state index >= 15 is 0 Å². The molecule has 0 fully saturated rings. The first-order valence-electron chi connectivity index (χ1n) is 2.77. The molecule has 0 spiro atoms. The van der Waals surface area contributed by atoms with Gasteiger partial charge < -0.3 is 10.7 Å². The molecule has 0 aliphatic carbocycles. The Hall–Kier alpha value is -1.65. The van der Waals surface area contributed by atoms with Gasteiger partial charge >= 0.3 is 0 Å². The van der Waals surface area contributed by atoms with Crippen LogP contribution in [0.15, 0.2) is 12.7 Å². The number of hydrogen-bond donors (Lipinski definition) is 2. The minimum atomic E-state index is 0.433. The van der Waals surface area contributed by atoms with E-state index in [0.717, 1.165) is 0 Å². The summed E-state index contributed by atoms with van der Waals surface area (Å²) in [7, 11) is 0. The molecule has 0 saturated carbocycles. The van der Waals surface area contributed by atoms with Crippen molar-refractivity contribution in [2.45, 2.75) is 0 Å². The van der Waals surface area contributed by atoms with Gasteiger partial charge in [0.25, 0.3) is 0 Å². The first kappa shape index (κ1) is 5.16. The van der Waals surface area contributed by atoms with Gasteiger partial charge in [0.2, 0.25) is 0 Å². The fourth-order valence-electron chi connectivity index (χ4n) is 0.784. The van der Waals surface area contributed by atoms with Crippen LogP contribution in [0.4, 0.5) is 5.82 Å². The Bertz CT molecular complexity index is 352. The highest BCUT2D eigenvalue weighted by Gasteiger charge is 1.99. The Labute approximate surface area is 56.3 Å². The average molecular weight is 137 g/mol. The lowest BCUT2D eigenvalue weighted by atomic mass is 10.5. The molecule has 2 rings (SSSR count). The first-order chi connectivity index (χ1) is 4.88. The van der Waals surface area contributed by atoms with Gasteiger partial charge in [0, 0.05) is 0 Å². The molecule has 0 bridgehead atoms. The SMILES string of the molecule is Nc1ncnc2n[14cH][nH]c12. The number of anilines is 1. The number of nitrogens with one attached hydrogen (secondary N) is 1. The molecule has 2 aromatic rings. The highest BCUT2D eigenvalue weighted by molar-refractivity contribution is 5.80. The maximum atomic E-state index is 5.48. The smallest absolute Gasteiger partial charge is 0.182 e. The average Bonchev–Trinajstić information content (AvgIpc) is 2.36. The first-order valence-corrected chi connectivity index (χ1v) is 2.77. The van der Waals surface area contributed by atoms with E-state index in [1.165, 1.54) is 12.7 Å². The Morgan fingerprint density at radius 3 is 3.20 bits per heavy atom. The zero-order chi connectivity index (χ0) is 6.97. The Morgan fingerprint density at radius 2 is 2.40 bits per heavy atom. The maximum Gasteiger partial charge on any atom is 0.182 e. The van der Waals surface area contributed by atoms with Crippen molar-refractivity contribution in [2.24, 2.45) is 0 Å². The van der Waals surface area contributed by atoms with Gasteiger partial charge in [-0.05, 0) is 0 Å². The second kappa shape index (κ2) is 1.66. The third-order valence-corrected chi connectivity index (χ3v) is 1.25. The van der Waals surface area contributed by atoms with Crippen molar-refractivity contribution in [3.05, 3.63) is 12.7 Å². The minimum Gasteiger partial charge on any atom is -0.382 e. The second-order valence-corrected chi connectivity index (χ2v) is 1.86. The van der Waals surface area contributed by atoms with Gasteiger partial charge in [0.05, 0.1) is 6.33 Å². The maximum absolute atomic E-state index is 5.48. The summed E-state index contributed by atoms with van der Waals surface area (Å²) in [6.07, 6.45) is 2.92. The van der Waals surface area contributed by atoms with E-state index in [4.69, 9.17) is 5.73 Å². The second-order valence-electron chi connectivity index (χ2n) is 1.86. The van der Waals surface area contributed by atoms with Crippen LogP contribution in [0.5, 0.6) is 0 Å². The largest absolute Gasteiger partial charge is 0.382 e. The molecular formula is C5H5N5. The third kappa shape index (κ3) is 0.540. The number of H-pyrrole nitrogens is 1. The number of rotatable bonds is 0. The molecule has 0 aliphatic heterocycles. The summed E-state index contributed by atoms with van der Waals surface area (Å²) < 4.78 is 0. The number of aromatic nitrogens is 4. The molecule has 5 nitrogen and oxygen atoms in total. The summed E-state index contributed by atoms with van der Waals surface area (Å²) in [6.45, 7) is 0. The normalized spacial score (nSPS) is 10.4. The zero-order valence-electron chi connectivity index (χ0n) is 5.07. The van der Waals surface area contributed by atoms with Gasteiger partial charge in [-0.25, -0.2) is 15.0 Å². The van der Waals surface area contributed by atoms with Crippen molar-refractivity contribution in [2.75, 3.05) is 5.73 Å². The summed E-state index contributed by atoms with van der Waals surface area (Å²) in [5, 5.41) is 0. The predicted octanol–water partition coefficient (Wildman–Crippen LogP) is -0.0649. The van der Waals surface area contributed by atoms with Crippen LogP contribution in [0.2, 0.25) is 0 Å². The number of hydrogen-bond acceptors (Lipinski definition) is 4. The van der Waals surface area contributed by atoms with Crippen LogP contribution < -0.4 is 5.73 Å². The van der Waals surface area contributed by atoms with Gasteiger partial charge in [-0.2, -0.15) is 0 Å². The lowest BCUT2D eigenvalue weighted by Gasteiger charge is -1.89. The summed E-state index contributed by atoms with van der Waals surface area (Å²) in [5.41, 5.74) is 6.78. The van der Waals surface area contributed by atoms with Crippen LogP contribution in [0.25, 0.3) is 11.2 Å². The number of nitrogens with zero attached hydrogens (tertiary/aromatic N) is 3. The van der Waals surface area contributed by atoms with E-state index in [2.05, 4.69) is 19.9 Å². The zero-order valence-corrected chi connectivity index (χ0v) is 5.07. The van der Waals surface area contributed by atoms with Crippen molar-refractivity contribution in [1.82, 2.24) is 19.9 Å². The highest BCUT2D eigenvalue weighted by atomic mass is 15.3. The predicted molar refractivity (Wildman–Crippen MR) is 36.1 cm³/mol. The summed E-state index contributed by atoms with van der Waals surface area (Å²) >= 11 is 0. The van der Waals surface area contributed by atoms with Crippen LogP contribution in [0, 0.1) is 0 Å². The van der Waals surface area contributed by atoms with E-state index in [0.29, 0.717) is 17.0 Å². The molecule has 2 aromatic heterocycles. The molecule has 0 aliphatic rings. The number of imidazole rings is 1. The van der Waals surface area contributed by atoms with E-state index in [1.807, 2.05) is 0 Å². The number of nitrogen functional groups attached to an aromatic ring is 1. The minimum absolute atomic E-state index is 0.433. The molecule has 0 unspecified atom stereocenters. The van der Waals surface area contributed by atoms with Crippen LogP contribution in [0.3, 0.4) is 0 Å². The van der Waals surface area contributed by atoms with Crippen LogP contribution in [-0.2, 0) is 0 Å². The fourth-order valence-corrected chi connectivity index (χ4v) is 0.784. The number of nitrogens with two attached hydrogens (primary N) is 1. The topological polar surface area (TPSA) is 80.5 Å². The third-order valence-electron chi connectivity index (χ3n) is 1.25. The molecule has 0 saturated heterocycles. The highest BCUT2D eigenvalue weighted by Crippen LogP contribution is 2.09. The van der Waals surface area contributed by atoms with E-state index < -0.39 is 0 Å². The van der Waals surface area contributed by atoms with Crippen LogP contribution in [-0.4, -0.2) is 19.9 Å². The number of fused-ring (bicyclic) bond motifs is 1. The lowest BCUT2D eigenvalue weighted by molar-refractivity contribution is 1.21. The molecule has 0 aromatic carbocycles. The van der Waals surface area contributed by atoms with E-state index in [9.17, 15) is 0 Å². The Morgan fingerprint density at radius 1 is 1.50 bits per heavy atom. The van der Waals surface area contributed by atoms with Crippen molar-refractivity contribution in [1.29, 1.82) is 0 Å². The molecule has 0 atom stereocenters. The van der Waals surface area contributed by atoms with Gasteiger partial charge in [-0.3, -0.25) is 0 Å². The van der Waals surface area contributed by atoms with Crippen molar-refractivity contribution in [3.63, 3.8) is 0 Å². The molecule has 5 heteroatoms. The summed E-state index contributed by atoms with van der Waals surface area (Å²) in [5.74, 6) is 0.433. The standard InChI is InChI=1S/C5H5N5/c6-4-3-5(9-1-7-3)10-2-8-4/h1-2H,(H3,6,7,8,9,10)/i1+2. The molecular weight excluding hydrogens is 132 g/mol. The fraction of sp³-hybridized carbons (Fsp3) is 0. The Balaban J connectivity index is 2.95. The van der Waals surface area contributed by atoms with Crippen molar-refractivity contribution < 1.29 is 0 Å². The van der Waals surface area contributed by atoms with Gasteiger partial charge in [-0.15, -0.1) is 0 Å². The van der Waals surface area contributed by atoms with E-state index in [-0.39, 0.29) is 0 Å². The van der Waals surface area contributed by atoms with E-state index in [1.54, 1.807) is 0 Å². The quantitative estimate of drug-likeness (QED) is 0.532. The summed E-state index contributed by atoms with van der Waals surface area (Å²) in [6, 6.07) is 0. The van der Waals surface area contributed by atoms with Gasteiger partial charge in [-0.1, -0.05) is 0 Å². The molecule has 3 N–H and O–H groups in total. The Kier molecular flexibility index (Phi) is 0.858. The van der Waals surface area contributed by atoms with Crippen molar-refractivity contribution in [3.8, 4) is 0 Å².